The van der Waals surface area contributed by atoms with E-state index in [1.165, 1.54) is 0 Å². The van der Waals surface area contributed by atoms with E-state index in [-0.39, 0.29) is 18.4 Å². The number of nitrogens with one attached hydrogen (secondary N) is 3. The van der Waals surface area contributed by atoms with Crippen LogP contribution in [0.5, 0.6) is 5.75 Å². The molecule has 0 aliphatic carbocycles. The van der Waals surface area contributed by atoms with Crippen LogP contribution in [0.15, 0.2) is 72.8 Å². The largest absolute Gasteiger partial charge is 0.495 e. The number of aliphatic hydroxyl groups excluding tert-OH is 1. The number of amides is 2. The highest BCUT2D eigenvalue weighted by Gasteiger charge is 2.15. The number of hydrogen-bond acceptors (Lipinski definition) is 6. The van der Waals surface area contributed by atoms with Gasteiger partial charge < -0.3 is 30.4 Å². The number of rotatable bonds is 9. The lowest BCUT2D eigenvalue weighted by Gasteiger charge is -2.13. The lowest BCUT2D eigenvalue weighted by molar-refractivity contribution is -0.116. The van der Waals surface area contributed by atoms with Crippen molar-refractivity contribution < 1.29 is 19.4 Å². The highest BCUT2D eigenvalue weighted by Crippen LogP contribution is 2.24. The summed E-state index contributed by atoms with van der Waals surface area (Å²) >= 11 is 0. The Kier molecular flexibility index (Phi) is 7.27. The Labute approximate surface area is 202 Å². The fourth-order valence-corrected chi connectivity index (χ4v) is 3.60. The SMILES string of the molecule is COc1ccccc1NC(=O)c1ccc(NC(=O)Cn2c(NC[C@@H](C)O)nc3ccccc32)cc1. The third-order valence-corrected chi connectivity index (χ3v) is 5.30. The van der Waals surface area contributed by atoms with Crippen LogP contribution in [0.1, 0.15) is 17.3 Å². The maximum absolute atomic E-state index is 12.8. The third kappa shape index (κ3) is 5.77. The van der Waals surface area contributed by atoms with Gasteiger partial charge in [-0.05, 0) is 55.5 Å². The highest BCUT2D eigenvalue weighted by atomic mass is 16.5. The van der Waals surface area contributed by atoms with Crippen LogP contribution in [0.4, 0.5) is 17.3 Å². The second-order valence-electron chi connectivity index (χ2n) is 8.02. The van der Waals surface area contributed by atoms with E-state index in [9.17, 15) is 14.7 Å². The zero-order valence-electron chi connectivity index (χ0n) is 19.5. The number of hydrogen-bond donors (Lipinski definition) is 4. The summed E-state index contributed by atoms with van der Waals surface area (Å²) in [6.45, 7) is 2.01. The zero-order valence-corrected chi connectivity index (χ0v) is 19.5. The Bertz CT molecular complexity index is 1330. The van der Waals surface area contributed by atoms with Gasteiger partial charge in [-0.25, -0.2) is 4.98 Å². The fourth-order valence-electron chi connectivity index (χ4n) is 3.60. The molecule has 0 saturated carbocycles. The van der Waals surface area contributed by atoms with Gasteiger partial charge in [0, 0.05) is 17.8 Å². The molecule has 35 heavy (non-hydrogen) atoms. The average molecular weight is 474 g/mol. The Morgan fingerprint density at radius 3 is 2.46 bits per heavy atom. The second-order valence-corrected chi connectivity index (χ2v) is 8.02. The number of aliphatic hydroxyl groups is 1. The summed E-state index contributed by atoms with van der Waals surface area (Å²) in [4.78, 5) is 30.0. The monoisotopic (exact) mass is 473 g/mol. The zero-order chi connectivity index (χ0) is 24.8. The molecule has 0 bridgehead atoms. The normalized spacial score (nSPS) is 11.6. The van der Waals surface area contributed by atoms with Gasteiger partial charge in [0.25, 0.3) is 5.91 Å². The molecule has 0 aliphatic heterocycles. The number of methoxy groups -OCH3 is 1. The van der Waals surface area contributed by atoms with Crippen LogP contribution >= 0.6 is 0 Å². The molecule has 0 radical (unpaired) electrons. The lowest BCUT2D eigenvalue weighted by Crippen LogP contribution is -2.22. The Hall–Kier alpha value is -4.37. The van der Waals surface area contributed by atoms with Gasteiger partial charge in [-0.3, -0.25) is 9.59 Å². The van der Waals surface area contributed by atoms with Crippen LogP contribution in [-0.4, -0.2) is 46.2 Å². The number of aromatic nitrogens is 2. The summed E-state index contributed by atoms with van der Waals surface area (Å²) in [5.41, 5.74) is 3.13. The summed E-state index contributed by atoms with van der Waals surface area (Å²) in [7, 11) is 1.54. The van der Waals surface area contributed by atoms with E-state index in [1.807, 2.05) is 36.4 Å². The van der Waals surface area contributed by atoms with Crippen molar-refractivity contribution in [3.8, 4) is 5.75 Å². The van der Waals surface area contributed by atoms with E-state index in [1.54, 1.807) is 55.0 Å². The van der Waals surface area contributed by atoms with Gasteiger partial charge in [-0.2, -0.15) is 0 Å². The molecule has 9 nitrogen and oxygen atoms in total. The summed E-state index contributed by atoms with van der Waals surface area (Å²) in [5.74, 6) is 0.537. The molecule has 3 aromatic carbocycles. The number of fused-ring (bicyclic) bond motifs is 1. The van der Waals surface area contributed by atoms with Crippen molar-refractivity contribution in [2.24, 2.45) is 0 Å². The number of nitrogens with zero attached hydrogens (tertiary/aromatic N) is 2. The maximum atomic E-state index is 12.8. The first-order valence-electron chi connectivity index (χ1n) is 11.2. The van der Waals surface area contributed by atoms with E-state index in [0.717, 1.165) is 11.0 Å². The van der Waals surface area contributed by atoms with Crippen molar-refractivity contribution in [1.82, 2.24) is 9.55 Å². The van der Waals surface area contributed by atoms with Gasteiger partial charge in [0.1, 0.15) is 12.3 Å². The van der Waals surface area contributed by atoms with Crippen molar-refractivity contribution in [2.75, 3.05) is 29.6 Å². The van der Waals surface area contributed by atoms with Crippen molar-refractivity contribution >= 4 is 40.2 Å². The molecule has 0 fully saturated rings. The summed E-state index contributed by atoms with van der Waals surface area (Å²) in [6.07, 6.45) is -0.559. The number of benzene rings is 3. The van der Waals surface area contributed by atoms with E-state index < -0.39 is 6.10 Å². The summed E-state index contributed by atoms with van der Waals surface area (Å²) in [5, 5.41) is 18.4. The minimum Gasteiger partial charge on any atom is -0.495 e. The topological polar surface area (TPSA) is 118 Å². The predicted octanol–water partition coefficient (Wildman–Crippen LogP) is 3.73. The molecule has 0 aliphatic rings. The van der Waals surface area contributed by atoms with Crippen molar-refractivity contribution in [3.05, 3.63) is 78.4 Å². The maximum Gasteiger partial charge on any atom is 0.255 e. The van der Waals surface area contributed by atoms with E-state index >= 15 is 0 Å². The van der Waals surface area contributed by atoms with Gasteiger partial charge in [-0.15, -0.1) is 0 Å². The molecular weight excluding hydrogens is 446 g/mol. The smallest absolute Gasteiger partial charge is 0.255 e. The van der Waals surface area contributed by atoms with Crippen LogP contribution in [0.25, 0.3) is 11.0 Å². The Morgan fingerprint density at radius 2 is 1.71 bits per heavy atom. The molecule has 0 saturated heterocycles. The molecule has 1 aromatic heterocycles. The highest BCUT2D eigenvalue weighted by molar-refractivity contribution is 6.05. The van der Waals surface area contributed by atoms with Gasteiger partial charge in [-0.1, -0.05) is 24.3 Å². The molecule has 9 heteroatoms. The number of imidazole rings is 1. The molecule has 1 heterocycles. The quantitative estimate of drug-likeness (QED) is 0.294. The van der Waals surface area contributed by atoms with E-state index in [2.05, 4.69) is 20.9 Å². The van der Waals surface area contributed by atoms with Crippen molar-refractivity contribution in [3.63, 3.8) is 0 Å². The second kappa shape index (κ2) is 10.7. The van der Waals surface area contributed by atoms with Crippen molar-refractivity contribution in [1.29, 1.82) is 0 Å². The van der Waals surface area contributed by atoms with Crippen LogP contribution in [0.3, 0.4) is 0 Å². The molecule has 2 amide bonds. The van der Waals surface area contributed by atoms with E-state index in [0.29, 0.717) is 35.2 Å². The van der Waals surface area contributed by atoms with Gasteiger partial charge in [0.2, 0.25) is 11.9 Å². The van der Waals surface area contributed by atoms with Crippen LogP contribution in [0.2, 0.25) is 0 Å². The molecule has 4 N–H and O–H groups in total. The predicted molar refractivity (Wildman–Crippen MR) is 136 cm³/mol. The Morgan fingerprint density at radius 1 is 1.00 bits per heavy atom. The first-order chi connectivity index (χ1) is 16.9. The Balaban J connectivity index is 1.43. The molecule has 4 aromatic rings. The number of carbonyl (C=O) groups excluding carboxylic acids is 2. The molecule has 180 valence electrons. The van der Waals surface area contributed by atoms with Gasteiger partial charge >= 0.3 is 0 Å². The van der Waals surface area contributed by atoms with Crippen LogP contribution in [0, 0.1) is 0 Å². The van der Waals surface area contributed by atoms with Crippen LogP contribution < -0.4 is 20.7 Å². The van der Waals surface area contributed by atoms with E-state index in [4.69, 9.17) is 4.74 Å². The molecule has 4 rings (SSSR count). The van der Waals surface area contributed by atoms with Crippen molar-refractivity contribution in [2.45, 2.75) is 19.6 Å². The van der Waals surface area contributed by atoms with Gasteiger partial charge in [0.15, 0.2) is 0 Å². The number of carbonyl (C=O) groups is 2. The number of anilines is 3. The van der Waals surface area contributed by atoms with Crippen LogP contribution in [-0.2, 0) is 11.3 Å². The molecular formula is C26H27N5O4. The minimum absolute atomic E-state index is 0.0265. The third-order valence-electron chi connectivity index (χ3n) is 5.30. The van der Waals surface area contributed by atoms with Gasteiger partial charge in [0.05, 0.1) is 29.9 Å². The average Bonchev–Trinajstić information content (AvgIpc) is 3.20. The lowest BCUT2D eigenvalue weighted by atomic mass is 10.2. The molecule has 0 unspecified atom stereocenters. The first-order valence-corrected chi connectivity index (χ1v) is 11.2. The number of para-hydroxylation sites is 4. The number of ether oxygens (including phenoxy) is 1. The summed E-state index contributed by atoms with van der Waals surface area (Å²) < 4.78 is 7.03. The standard InChI is InChI=1S/C26H27N5O4/c1-17(32)15-27-26-30-20-7-3-5-9-22(20)31(26)16-24(33)28-19-13-11-18(12-14-19)25(34)29-21-8-4-6-10-23(21)35-2/h3-14,17,32H,15-16H2,1-2H3,(H,27,30)(H,28,33)(H,29,34)/t17-/m1/s1. The fraction of sp³-hybridized carbons (Fsp3) is 0.192. The molecule has 1 atom stereocenters. The molecule has 0 spiro atoms. The minimum atomic E-state index is -0.559. The first kappa shape index (κ1) is 23.8. The summed E-state index contributed by atoms with van der Waals surface area (Å²) in [6, 6.07) is 21.3.